The molecule has 2 heterocycles. The molecule has 31 heavy (non-hydrogen) atoms. The first-order valence-electron chi connectivity index (χ1n) is 9.12. The minimum absolute atomic E-state index is 0.124. The maximum atomic E-state index is 12.8. The van der Waals surface area contributed by atoms with Crippen LogP contribution in [0.4, 0.5) is 18.9 Å². The van der Waals surface area contributed by atoms with Gasteiger partial charge in [0.2, 0.25) is 10.0 Å². The quantitative estimate of drug-likeness (QED) is 0.406. The molecule has 1 amide bonds. The summed E-state index contributed by atoms with van der Waals surface area (Å²) < 4.78 is 64.7. The number of alkyl halides is 3. The summed E-state index contributed by atoms with van der Waals surface area (Å²) in [4.78, 5) is 16.1. The van der Waals surface area contributed by atoms with Crippen molar-refractivity contribution in [3.05, 3.63) is 59.9 Å². The molecule has 0 bridgehead atoms. The summed E-state index contributed by atoms with van der Waals surface area (Å²) in [6, 6.07) is 8.72. The van der Waals surface area contributed by atoms with Gasteiger partial charge in [0.15, 0.2) is 0 Å². The van der Waals surface area contributed by atoms with Crippen molar-refractivity contribution in [3.63, 3.8) is 0 Å². The zero-order chi connectivity index (χ0) is 22.6. The summed E-state index contributed by atoms with van der Waals surface area (Å²) in [7, 11) is -3.98. The van der Waals surface area contributed by atoms with Crippen molar-refractivity contribution in [2.75, 3.05) is 31.1 Å². The summed E-state index contributed by atoms with van der Waals surface area (Å²) >= 11 is 0. The van der Waals surface area contributed by atoms with Crippen LogP contribution in [-0.2, 0) is 21.0 Å². The van der Waals surface area contributed by atoms with Crippen LogP contribution in [0.1, 0.15) is 11.3 Å². The average molecular weight is 456 g/mol. The molecule has 8 nitrogen and oxygen atoms in total. The van der Waals surface area contributed by atoms with Gasteiger partial charge in [-0.25, -0.2) is 13.9 Å². The largest absolute Gasteiger partial charge is 0.433 e. The maximum absolute atomic E-state index is 12.8. The second kappa shape index (κ2) is 9.04. The van der Waals surface area contributed by atoms with Crippen molar-refractivity contribution in [2.45, 2.75) is 11.1 Å². The molecule has 1 fully saturated rings. The van der Waals surface area contributed by atoms with E-state index in [0.29, 0.717) is 24.7 Å². The van der Waals surface area contributed by atoms with Gasteiger partial charge >= 0.3 is 6.18 Å². The molecule has 0 radical (unpaired) electrons. The number of para-hydroxylation sites is 1. The Balaban J connectivity index is 1.72. The van der Waals surface area contributed by atoms with E-state index in [9.17, 15) is 26.4 Å². The Labute approximate surface area is 176 Å². The van der Waals surface area contributed by atoms with E-state index in [1.807, 2.05) is 11.0 Å². The van der Waals surface area contributed by atoms with Gasteiger partial charge in [0.05, 0.1) is 0 Å². The highest BCUT2D eigenvalue weighted by atomic mass is 32.2. The van der Waals surface area contributed by atoms with Gasteiger partial charge in [0.1, 0.15) is 10.6 Å². The van der Waals surface area contributed by atoms with Crippen LogP contribution in [0.2, 0.25) is 0 Å². The number of rotatable bonds is 5. The molecular weight excluding hydrogens is 437 g/mol. The first kappa shape index (κ1) is 22.7. The van der Waals surface area contributed by atoms with Crippen molar-refractivity contribution in [1.29, 1.82) is 0 Å². The molecular formula is C19H19F3N4O4S. The van der Waals surface area contributed by atoms with Crippen molar-refractivity contribution >= 4 is 27.7 Å². The number of carbonyl (C=O) groups is 1. The number of carbonyl (C=O) groups excluding carboxylic acids is 1. The summed E-state index contributed by atoms with van der Waals surface area (Å²) in [6.45, 7) is 0.922. The predicted octanol–water partition coefficient (Wildman–Crippen LogP) is 2.13. The van der Waals surface area contributed by atoms with Crippen molar-refractivity contribution < 1.29 is 31.6 Å². The number of hydrogen-bond acceptors (Lipinski definition) is 6. The minimum Gasteiger partial charge on any atom is -0.368 e. The van der Waals surface area contributed by atoms with Gasteiger partial charge < -0.3 is 4.90 Å². The number of hydroxylamine groups is 1. The highest BCUT2D eigenvalue weighted by Crippen LogP contribution is 2.29. The van der Waals surface area contributed by atoms with E-state index in [1.54, 1.807) is 18.2 Å². The van der Waals surface area contributed by atoms with Gasteiger partial charge in [-0.1, -0.05) is 18.2 Å². The Morgan fingerprint density at radius 3 is 2.35 bits per heavy atom. The highest BCUT2D eigenvalue weighted by Gasteiger charge is 2.34. The number of piperazine rings is 1. The van der Waals surface area contributed by atoms with Crippen LogP contribution in [0.3, 0.4) is 0 Å². The zero-order valence-corrected chi connectivity index (χ0v) is 16.9. The lowest BCUT2D eigenvalue weighted by atomic mass is 10.1. The second-order valence-corrected chi connectivity index (χ2v) is 8.57. The monoisotopic (exact) mass is 456 g/mol. The van der Waals surface area contributed by atoms with E-state index in [1.165, 1.54) is 15.9 Å². The number of pyridine rings is 1. The molecule has 12 heteroatoms. The third-order valence-electron chi connectivity index (χ3n) is 4.71. The fourth-order valence-corrected chi connectivity index (χ4v) is 4.51. The normalized spacial score (nSPS) is 15.9. The molecule has 1 saturated heterocycles. The topological polar surface area (TPSA) is 103 Å². The van der Waals surface area contributed by atoms with Gasteiger partial charge in [0.25, 0.3) is 5.91 Å². The Bertz CT molecular complexity index is 1060. The number of anilines is 1. The van der Waals surface area contributed by atoms with Gasteiger partial charge in [-0.2, -0.15) is 17.5 Å². The third kappa shape index (κ3) is 5.21. The molecule has 0 unspecified atom stereocenters. The Kier molecular flexibility index (Phi) is 6.62. The standard InChI is InChI=1S/C19H19F3N4O4S/c20-19(21,22)17-7-6-15(13-23-17)31(29,30)26-11-9-25(10-12-26)16-4-2-1-3-14(16)5-8-18(27)24-28/h1-8,13,28H,9-12H2,(H,24,27). The van der Waals surface area contributed by atoms with Gasteiger partial charge in [-0.15, -0.1) is 0 Å². The highest BCUT2D eigenvalue weighted by molar-refractivity contribution is 7.89. The summed E-state index contributed by atoms with van der Waals surface area (Å²) in [6.07, 6.45) is -1.24. The number of hydrogen-bond donors (Lipinski definition) is 2. The SMILES string of the molecule is O=C(C=Cc1ccccc1N1CCN(S(=O)(=O)c2ccc(C(F)(F)F)nc2)CC1)NO. The zero-order valence-electron chi connectivity index (χ0n) is 16.1. The first-order chi connectivity index (χ1) is 14.6. The lowest BCUT2D eigenvalue weighted by Crippen LogP contribution is -2.48. The number of nitrogens with zero attached hydrogens (tertiary/aromatic N) is 3. The van der Waals surface area contributed by atoms with E-state index in [0.717, 1.165) is 24.0 Å². The lowest BCUT2D eigenvalue weighted by Gasteiger charge is -2.36. The third-order valence-corrected chi connectivity index (χ3v) is 6.59. The number of halogens is 3. The smallest absolute Gasteiger partial charge is 0.368 e. The number of nitrogens with one attached hydrogen (secondary N) is 1. The predicted molar refractivity (Wildman–Crippen MR) is 106 cm³/mol. The number of aromatic nitrogens is 1. The van der Waals surface area contributed by atoms with Crippen molar-refractivity contribution in [1.82, 2.24) is 14.8 Å². The molecule has 0 spiro atoms. The van der Waals surface area contributed by atoms with Crippen LogP contribution < -0.4 is 10.4 Å². The fraction of sp³-hybridized carbons (Fsp3) is 0.263. The van der Waals surface area contributed by atoms with E-state index in [-0.39, 0.29) is 18.0 Å². The van der Waals surface area contributed by atoms with Crippen LogP contribution in [-0.4, -0.2) is 55.0 Å². The fourth-order valence-electron chi connectivity index (χ4n) is 3.14. The summed E-state index contributed by atoms with van der Waals surface area (Å²) in [5.74, 6) is -0.684. The molecule has 0 aliphatic carbocycles. The molecule has 1 aliphatic rings. The van der Waals surface area contributed by atoms with E-state index >= 15 is 0 Å². The van der Waals surface area contributed by atoms with Crippen molar-refractivity contribution in [3.8, 4) is 0 Å². The number of amides is 1. The van der Waals surface area contributed by atoms with E-state index < -0.39 is 27.8 Å². The molecule has 2 N–H and O–H groups in total. The molecule has 0 atom stereocenters. The summed E-state index contributed by atoms with van der Waals surface area (Å²) in [5, 5.41) is 8.60. The van der Waals surface area contributed by atoms with Gasteiger partial charge in [0, 0.05) is 44.1 Å². The molecule has 2 aromatic rings. The summed E-state index contributed by atoms with van der Waals surface area (Å²) in [5.41, 5.74) is 1.83. The molecule has 1 aromatic carbocycles. The molecule has 1 aromatic heterocycles. The maximum Gasteiger partial charge on any atom is 0.433 e. The van der Waals surface area contributed by atoms with Gasteiger partial charge in [-0.3, -0.25) is 15.0 Å². The number of sulfonamides is 1. The Morgan fingerprint density at radius 1 is 1.10 bits per heavy atom. The second-order valence-electron chi connectivity index (χ2n) is 6.64. The van der Waals surface area contributed by atoms with Gasteiger partial charge in [-0.05, 0) is 29.8 Å². The molecule has 3 rings (SSSR count). The average Bonchev–Trinajstić information content (AvgIpc) is 2.77. The number of benzene rings is 1. The Morgan fingerprint density at radius 2 is 1.77 bits per heavy atom. The van der Waals surface area contributed by atoms with Crippen LogP contribution in [0.25, 0.3) is 6.08 Å². The minimum atomic E-state index is -4.65. The van der Waals surface area contributed by atoms with Crippen LogP contribution in [0.5, 0.6) is 0 Å². The lowest BCUT2D eigenvalue weighted by molar-refractivity contribution is -0.141. The van der Waals surface area contributed by atoms with Crippen molar-refractivity contribution in [2.24, 2.45) is 0 Å². The Hall–Kier alpha value is -2.96. The van der Waals surface area contributed by atoms with E-state index in [4.69, 9.17) is 5.21 Å². The van der Waals surface area contributed by atoms with Crippen LogP contribution in [0.15, 0.2) is 53.6 Å². The molecule has 1 aliphatic heterocycles. The first-order valence-corrected chi connectivity index (χ1v) is 10.6. The molecule has 166 valence electrons. The molecule has 0 saturated carbocycles. The van der Waals surface area contributed by atoms with Crippen LogP contribution in [0, 0.1) is 0 Å². The van der Waals surface area contributed by atoms with E-state index in [2.05, 4.69) is 4.98 Å². The van der Waals surface area contributed by atoms with Crippen LogP contribution >= 0.6 is 0 Å².